The van der Waals surface area contributed by atoms with Gasteiger partial charge in [0.25, 0.3) is 5.91 Å². The van der Waals surface area contributed by atoms with Crippen molar-refractivity contribution in [2.24, 2.45) is 0 Å². The summed E-state index contributed by atoms with van der Waals surface area (Å²) in [6.45, 7) is 2.25. The van der Waals surface area contributed by atoms with E-state index in [0.29, 0.717) is 18.7 Å². The van der Waals surface area contributed by atoms with Crippen molar-refractivity contribution >= 4 is 11.7 Å². The van der Waals surface area contributed by atoms with Gasteiger partial charge in [-0.2, -0.15) is 0 Å². The summed E-state index contributed by atoms with van der Waals surface area (Å²) in [5.74, 6) is -1.85. The van der Waals surface area contributed by atoms with Crippen molar-refractivity contribution in [1.82, 2.24) is 9.80 Å². The van der Waals surface area contributed by atoms with Crippen LogP contribution in [0.3, 0.4) is 0 Å². The maximum absolute atomic E-state index is 13.1. The maximum atomic E-state index is 13.1. The molecule has 5 nitrogen and oxygen atoms in total. The fourth-order valence-corrected chi connectivity index (χ4v) is 2.54. The van der Waals surface area contributed by atoms with Crippen molar-refractivity contribution in [3.05, 3.63) is 47.0 Å². The molecular weight excluding hydrogens is 287 g/mol. The predicted molar refractivity (Wildman–Crippen MR) is 79.7 cm³/mol. The molecule has 1 aliphatic rings. The van der Waals surface area contributed by atoms with Crippen LogP contribution in [0, 0.1) is 5.82 Å². The highest BCUT2D eigenvalue weighted by Crippen LogP contribution is 2.37. The summed E-state index contributed by atoms with van der Waals surface area (Å²) >= 11 is 0. The molecule has 0 aromatic heterocycles. The Bertz CT molecular complexity index is 623. The molecule has 0 saturated heterocycles. The van der Waals surface area contributed by atoms with E-state index in [-0.39, 0.29) is 11.4 Å². The molecule has 2 rings (SSSR count). The van der Waals surface area contributed by atoms with Gasteiger partial charge in [-0.1, -0.05) is 12.1 Å². The van der Waals surface area contributed by atoms with Gasteiger partial charge in [-0.25, -0.2) is 4.39 Å². The number of nitrogens with zero attached hydrogens (tertiary/aromatic N) is 2. The second-order valence-electron chi connectivity index (χ2n) is 5.57. The summed E-state index contributed by atoms with van der Waals surface area (Å²) in [7, 11) is 3.74. The zero-order valence-corrected chi connectivity index (χ0v) is 12.8. The van der Waals surface area contributed by atoms with Crippen LogP contribution in [0.5, 0.6) is 0 Å². The Labute approximate surface area is 128 Å². The molecule has 6 heteroatoms. The van der Waals surface area contributed by atoms with E-state index in [1.807, 2.05) is 19.0 Å². The number of Topliss-reactive ketones (excluding diaryl/α,β-unsaturated/α-hetero) is 1. The molecular formula is C16H19FN2O3. The molecule has 1 aromatic carbocycles. The normalized spacial score (nSPS) is 18.5. The second-order valence-corrected chi connectivity index (χ2v) is 5.57. The number of amides is 1. The SMILES string of the molecule is CC(=O)C1=C(O)C(=O)N(CCN(C)C)C1c1ccc(F)cc1. The highest BCUT2D eigenvalue weighted by Gasteiger charge is 2.42. The van der Waals surface area contributed by atoms with Gasteiger partial charge in [0.15, 0.2) is 11.5 Å². The molecule has 1 heterocycles. The number of aliphatic hydroxyl groups is 1. The molecule has 1 aromatic rings. The maximum Gasteiger partial charge on any atom is 0.290 e. The molecule has 1 aliphatic heterocycles. The lowest BCUT2D eigenvalue weighted by Gasteiger charge is -2.27. The zero-order valence-electron chi connectivity index (χ0n) is 12.8. The number of benzene rings is 1. The van der Waals surface area contributed by atoms with E-state index in [4.69, 9.17) is 0 Å². The summed E-state index contributed by atoms with van der Waals surface area (Å²) in [4.78, 5) is 27.5. The second kappa shape index (κ2) is 6.27. The number of carbonyl (C=O) groups excluding carboxylic acids is 2. The van der Waals surface area contributed by atoms with Gasteiger partial charge in [-0.05, 0) is 38.7 Å². The molecule has 0 spiro atoms. The summed E-state index contributed by atoms with van der Waals surface area (Å²) in [6.07, 6.45) is 0. The molecule has 0 aliphatic carbocycles. The Hall–Kier alpha value is -2.21. The van der Waals surface area contributed by atoms with Crippen LogP contribution >= 0.6 is 0 Å². The largest absolute Gasteiger partial charge is 0.503 e. The van der Waals surface area contributed by atoms with Crippen molar-refractivity contribution in [3.63, 3.8) is 0 Å². The number of halogens is 1. The Morgan fingerprint density at radius 3 is 2.41 bits per heavy atom. The number of ketones is 1. The molecule has 1 N–H and O–H groups in total. The Morgan fingerprint density at radius 2 is 1.91 bits per heavy atom. The minimum absolute atomic E-state index is 0.0652. The molecule has 22 heavy (non-hydrogen) atoms. The number of likely N-dealkylation sites (N-methyl/N-ethyl adjacent to an activating group) is 1. The Balaban J connectivity index is 2.43. The Kier molecular flexibility index (Phi) is 4.61. The minimum Gasteiger partial charge on any atom is -0.503 e. The van der Waals surface area contributed by atoms with Crippen molar-refractivity contribution in [2.75, 3.05) is 27.2 Å². The van der Waals surface area contributed by atoms with Crippen LogP contribution in [-0.4, -0.2) is 53.8 Å². The van der Waals surface area contributed by atoms with Gasteiger partial charge in [0.1, 0.15) is 5.82 Å². The standard InChI is InChI=1S/C16H19FN2O3/c1-10(20)13-14(11-4-6-12(17)7-5-11)19(9-8-18(2)3)16(22)15(13)21/h4-7,14,21H,8-9H2,1-3H3. The van der Waals surface area contributed by atoms with E-state index in [2.05, 4.69) is 0 Å². The van der Waals surface area contributed by atoms with E-state index < -0.39 is 23.5 Å². The van der Waals surface area contributed by atoms with Gasteiger partial charge >= 0.3 is 0 Å². The van der Waals surface area contributed by atoms with E-state index in [1.54, 1.807) is 0 Å². The number of hydrogen-bond donors (Lipinski definition) is 1. The van der Waals surface area contributed by atoms with Crippen molar-refractivity contribution in [1.29, 1.82) is 0 Å². The quantitative estimate of drug-likeness (QED) is 0.899. The van der Waals surface area contributed by atoms with Gasteiger partial charge in [-0.15, -0.1) is 0 Å². The summed E-state index contributed by atoms with van der Waals surface area (Å²) in [5.41, 5.74) is 0.665. The number of carbonyl (C=O) groups is 2. The average molecular weight is 306 g/mol. The third-order valence-electron chi connectivity index (χ3n) is 3.66. The highest BCUT2D eigenvalue weighted by atomic mass is 19.1. The van der Waals surface area contributed by atoms with Crippen LogP contribution in [0.15, 0.2) is 35.6 Å². The molecule has 0 radical (unpaired) electrons. The van der Waals surface area contributed by atoms with Gasteiger partial charge in [0.05, 0.1) is 11.6 Å². The van der Waals surface area contributed by atoms with Crippen LogP contribution in [-0.2, 0) is 9.59 Å². The number of aliphatic hydroxyl groups excluding tert-OH is 1. The van der Waals surface area contributed by atoms with E-state index in [0.717, 1.165) is 0 Å². The lowest BCUT2D eigenvalue weighted by Crippen LogP contribution is -2.36. The average Bonchev–Trinajstić information content (AvgIpc) is 2.70. The van der Waals surface area contributed by atoms with Crippen molar-refractivity contribution in [2.45, 2.75) is 13.0 Å². The van der Waals surface area contributed by atoms with E-state index in [9.17, 15) is 19.1 Å². The first kappa shape index (κ1) is 16.2. The monoisotopic (exact) mass is 306 g/mol. The highest BCUT2D eigenvalue weighted by molar-refractivity contribution is 6.08. The third kappa shape index (κ3) is 3.01. The summed E-state index contributed by atoms with van der Waals surface area (Å²) in [5, 5.41) is 10.0. The lowest BCUT2D eigenvalue weighted by atomic mass is 9.97. The van der Waals surface area contributed by atoms with Crippen LogP contribution in [0.25, 0.3) is 0 Å². The third-order valence-corrected chi connectivity index (χ3v) is 3.66. The first-order chi connectivity index (χ1) is 10.3. The molecule has 118 valence electrons. The van der Waals surface area contributed by atoms with Crippen LogP contribution < -0.4 is 0 Å². The van der Waals surface area contributed by atoms with Gasteiger partial charge < -0.3 is 14.9 Å². The van der Waals surface area contributed by atoms with E-state index >= 15 is 0 Å². The predicted octanol–water partition coefficient (Wildman–Crippen LogP) is 1.67. The molecule has 1 atom stereocenters. The first-order valence-electron chi connectivity index (χ1n) is 6.98. The van der Waals surface area contributed by atoms with Gasteiger partial charge in [0, 0.05) is 13.1 Å². The Morgan fingerprint density at radius 1 is 1.32 bits per heavy atom. The van der Waals surface area contributed by atoms with Gasteiger partial charge in [-0.3, -0.25) is 9.59 Å². The first-order valence-corrected chi connectivity index (χ1v) is 6.98. The number of hydrogen-bond acceptors (Lipinski definition) is 4. The van der Waals surface area contributed by atoms with Gasteiger partial charge in [0.2, 0.25) is 0 Å². The summed E-state index contributed by atoms with van der Waals surface area (Å²) < 4.78 is 13.1. The van der Waals surface area contributed by atoms with Crippen LogP contribution in [0.2, 0.25) is 0 Å². The fourth-order valence-electron chi connectivity index (χ4n) is 2.54. The molecule has 1 amide bonds. The topological polar surface area (TPSA) is 60.9 Å². The minimum atomic E-state index is -0.675. The summed E-state index contributed by atoms with van der Waals surface area (Å²) in [6, 6.07) is 4.92. The molecule has 0 saturated carbocycles. The van der Waals surface area contributed by atoms with Crippen molar-refractivity contribution in [3.8, 4) is 0 Å². The molecule has 1 unspecified atom stereocenters. The fraction of sp³-hybridized carbons (Fsp3) is 0.375. The molecule has 0 bridgehead atoms. The lowest BCUT2D eigenvalue weighted by molar-refractivity contribution is -0.129. The molecule has 0 fully saturated rings. The van der Waals surface area contributed by atoms with Crippen LogP contribution in [0.4, 0.5) is 4.39 Å². The van der Waals surface area contributed by atoms with Crippen molar-refractivity contribution < 1.29 is 19.1 Å². The number of rotatable bonds is 5. The van der Waals surface area contributed by atoms with E-state index in [1.165, 1.54) is 36.1 Å². The smallest absolute Gasteiger partial charge is 0.290 e. The zero-order chi connectivity index (χ0) is 16.4. The van der Waals surface area contributed by atoms with Crippen LogP contribution in [0.1, 0.15) is 18.5 Å².